The number of nitrogens with zero attached hydrogens (tertiary/aromatic N) is 2. The zero-order chi connectivity index (χ0) is 20.1. The fraction of sp³-hybridized carbons (Fsp3) is 0.200. The first-order valence-corrected chi connectivity index (χ1v) is 9.01. The Morgan fingerprint density at radius 2 is 1.82 bits per heavy atom. The topological polar surface area (TPSA) is 51.1 Å². The second-order valence-corrected chi connectivity index (χ2v) is 6.78. The summed E-state index contributed by atoms with van der Waals surface area (Å²) in [5.74, 6) is 0.0276. The lowest BCUT2D eigenvalue weighted by Gasteiger charge is -2.14. The van der Waals surface area contributed by atoms with Gasteiger partial charge in [-0.05, 0) is 49.3 Å². The lowest BCUT2D eigenvalue weighted by atomic mass is 10.1. The third-order valence-electron chi connectivity index (χ3n) is 3.96. The van der Waals surface area contributed by atoms with Crippen molar-refractivity contribution in [2.24, 2.45) is 0 Å². The van der Waals surface area contributed by atoms with Gasteiger partial charge in [0.25, 0.3) is 0 Å². The van der Waals surface area contributed by atoms with E-state index in [1.165, 1.54) is 11.6 Å². The van der Waals surface area contributed by atoms with E-state index in [1.807, 2.05) is 20.0 Å². The SMILES string of the molecule is Cc1ccc(Cn2cc(NC(=S)Nc3cc(C)ccc3OC(F)F)cn2)cc1. The molecule has 2 N–H and O–H groups in total. The fourth-order valence-corrected chi connectivity index (χ4v) is 2.85. The summed E-state index contributed by atoms with van der Waals surface area (Å²) in [6, 6.07) is 13.1. The largest absolute Gasteiger partial charge is 0.433 e. The van der Waals surface area contributed by atoms with Crippen LogP contribution in [-0.2, 0) is 6.54 Å². The summed E-state index contributed by atoms with van der Waals surface area (Å²) < 4.78 is 31.5. The highest BCUT2D eigenvalue weighted by Gasteiger charge is 2.11. The van der Waals surface area contributed by atoms with Crippen molar-refractivity contribution in [3.63, 3.8) is 0 Å². The number of thiocarbonyl (C=S) groups is 1. The highest BCUT2D eigenvalue weighted by atomic mass is 32.1. The maximum atomic E-state index is 12.6. The summed E-state index contributed by atoms with van der Waals surface area (Å²) in [4.78, 5) is 0. The number of aryl methyl sites for hydroxylation is 2. The molecule has 28 heavy (non-hydrogen) atoms. The molecule has 3 rings (SSSR count). The van der Waals surface area contributed by atoms with Crippen LogP contribution in [0.4, 0.5) is 20.2 Å². The zero-order valence-corrected chi connectivity index (χ0v) is 16.3. The van der Waals surface area contributed by atoms with Gasteiger partial charge in [0.05, 0.1) is 24.1 Å². The van der Waals surface area contributed by atoms with E-state index in [2.05, 4.69) is 44.7 Å². The van der Waals surface area contributed by atoms with E-state index in [0.717, 1.165) is 11.1 Å². The monoisotopic (exact) mass is 402 g/mol. The molecule has 3 aromatic rings. The molecule has 2 aromatic carbocycles. The lowest BCUT2D eigenvalue weighted by molar-refractivity contribution is -0.0493. The lowest BCUT2D eigenvalue weighted by Crippen LogP contribution is -2.19. The molecule has 146 valence electrons. The molecule has 0 amide bonds. The van der Waals surface area contributed by atoms with Gasteiger partial charge < -0.3 is 15.4 Å². The van der Waals surface area contributed by atoms with Crippen LogP contribution in [0.5, 0.6) is 5.75 Å². The van der Waals surface area contributed by atoms with Gasteiger partial charge in [-0.25, -0.2) is 0 Å². The normalized spacial score (nSPS) is 10.8. The van der Waals surface area contributed by atoms with Gasteiger partial charge in [0, 0.05) is 6.20 Å². The first-order chi connectivity index (χ1) is 13.4. The molecule has 0 unspecified atom stereocenters. The van der Waals surface area contributed by atoms with Gasteiger partial charge in [0.2, 0.25) is 0 Å². The summed E-state index contributed by atoms with van der Waals surface area (Å²) in [5, 5.41) is 10.5. The van der Waals surface area contributed by atoms with Crippen LogP contribution in [0.3, 0.4) is 0 Å². The molecule has 0 fully saturated rings. The number of halogens is 2. The minimum absolute atomic E-state index is 0.0276. The van der Waals surface area contributed by atoms with E-state index < -0.39 is 6.61 Å². The Labute approximate surface area is 167 Å². The van der Waals surface area contributed by atoms with Gasteiger partial charge in [0.15, 0.2) is 5.11 Å². The number of nitrogens with one attached hydrogen (secondary N) is 2. The molecule has 0 atom stereocenters. The van der Waals surface area contributed by atoms with Crippen molar-refractivity contribution in [2.75, 3.05) is 10.6 Å². The number of hydrogen-bond donors (Lipinski definition) is 2. The molecule has 0 saturated heterocycles. The van der Waals surface area contributed by atoms with Crippen LogP contribution in [0.2, 0.25) is 0 Å². The Balaban J connectivity index is 1.63. The van der Waals surface area contributed by atoms with Crippen LogP contribution in [0.15, 0.2) is 54.9 Å². The molecule has 5 nitrogen and oxygen atoms in total. The number of aromatic nitrogens is 2. The molecule has 0 aliphatic carbocycles. The van der Waals surface area contributed by atoms with Crippen molar-refractivity contribution in [1.82, 2.24) is 9.78 Å². The quantitative estimate of drug-likeness (QED) is 0.571. The van der Waals surface area contributed by atoms with E-state index in [4.69, 9.17) is 12.2 Å². The number of rotatable bonds is 6. The molecule has 1 heterocycles. The van der Waals surface area contributed by atoms with Gasteiger partial charge in [0.1, 0.15) is 5.75 Å². The van der Waals surface area contributed by atoms with Gasteiger partial charge in [-0.15, -0.1) is 0 Å². The van der Waals surface area contributed by atoms with Crippen LogP contribution in [0.1, 0.15) is 16.7 Å². The van der Waals surface area contributed by atoms with Gasteiger partial charge in [-0.1, -0.05) is 35.9 Å². The molecule has 0 bridgehead atoms. The molecule has 8 heteroatoms. The summed E-state index contributed by atoms with van der Waals surface area (Å²) in [6.45, 7) is 1.61. The van der Waals surface area contributed by atoms with Crippen molar-refractivity contribution < 1.29 is 13.5 Å². The molecule has 1 aromatic heterocycles. The fourth-order valence-electron chi connectivity index (χ4n) is 2.62. The van der Waals surface area contributed by atoms with E-state index in [1.54, 1.807) is 23.0 Å². The van der Waals surface area contributed by atoms with Crippen molar-refractivity contribution >= 4 is 28.7 Å². The van der Waals surface area contributed by atoms with E-state index in [-0.39, 0.29) is 10.9 Å². The van der Waals surface area contributed by atoms with E-state index in [9.17, 15) is 8.78 Å². The van der Waals surface area contributed by atoms with Gasteiger partial charge in [-0.2, -0.15) is 13.9 Å². The van der Waals surface area contributed by atoms with Crippen LogP contribution in [0.25, 0.3) is 0 Å². The predicted molar refractivity (Wildman–Crippen MR) is 110 cm³/mol. The Kier molecular flexibility index (Phi) is 6.20. The average molecular weight is 402 g/mol. The maximum absolute atomic E-state index is 12.6. The van der Waals surface area contributed by atoms with Crippen LogP contribution >= 0.6 is 12.2 Å². The Morgan fingerprint density at radius 1 is 1.11 bits per heavy atom. The molecule has 0 spiro atoms. The zero-order valence-electron chi connectivity index (χ0n) is 15.4. The number of benzene rings is 2. The van der Waals surface area contributed by atoms with Crippen LogP contribution in [-0.4, -0.2) is 21.5 Å². The number of ether oxygens (including phenoxy) is 1. The van der Waals surface area contributed by atoms with Gasteiger partial charge in [-0.3, -0.25) is 4.68 Å². The van der Waals surface area contributed by atoms with E-state index in [0.29, 0.717) is 17.9 Å². The number of hydrogen-bond acceptors (Lipinski definition) is 3. The molecule has 0 aliphatic heterocycles. The molecule has 0 radical (unpaired) electrons. The first-order valence-electron chi connectivity index (χ1n) is 8.60. The Bertz CT molecular complexity index is 957. The predicted octanol–water partition coefficient (Wildman–Crippen LogP) is 4.96. The second kappa shape index (κ2) is 8.79. The van der Waals surface area contributed by atoms with Crippen molar-refractivity contribution in [3.05, 3.63) is 71.5 Å². The Hall–Kier alpha value is -3.00. The highest BCUT2D eigenvalue weighted by molar-refractivity contribution is 7.80. The highest BCUT2D eigenvalue weighted by Crippen LogP contribution is 2.27. The summed E-state index contributed by atoms with van der Waals surface area (Å²) >= 11 is 5.29. The minimum atomic E-state index is -2.91. The summed E-state index contributed by atoms with van der Waals surface area (Å²) in [5.41, 5.74) is 4.28. The molecule has 0 aliphatic rings. The van der Waals surface area contributed by atoms with Gasteiger partial charge >= 0.3 is 6.61 Å². The van der Waals surface area contributed by atoms with Crippen molar-refractivity contribution in [1.29, 1.82) is 0 Å². The number of alkyl halides is 2. The Morgan fingerprint density at radius 3 is 2.54 bits per heavy atom. The van der Waals surface area contributed by atoms with E-state index >= 15 is 0 Å². The summed E-state index contributed by atoms with van der Waals surface area (Å²) in [6.07, 6.45) is 3.47. The van der Waals surface area contributed by atoms with Crippen molar-refractivity contribution in [2.45, 2.75) is 27.0 Å². The summed E-state index contributed by atoms with van der Waals surface area (Å²) in [7, 11) is 0. The number of anilines is 2. The first kappa shape index (κ1) is 19.8. The molecule has 0 saturated carbocycles. The minimum Gasteiger partial charge on any atom is -0.433 e. The second-order valence-electron chi connectivity index (χ2n) is 6.37. The van der Waals surface area contributed by atoms with Crippen LogP contribution < -0.4 is 15.4 Å². The molecular weight excluding hydrogens is 382 g/mol. The smallest absolute Gasteiger partial charge is 0.387 e. The molecular formula is C20H20F2N4OS. The maximum Gasteiger partial charge on any atom is 0.387 e. The third-order valence-corrected chi connectivity index (χ3v) is 4.16. The van der Waals surface area contributed by atoms with Crippen LogP contribution in [0, 0.1) is 13.8 Å². The van der Waals surface area contributed by atoms with Crippen molar-refractivity contribution in [3.8, 4) is 5.75 Å². The standard InChI is InChI=1S/C20H20F2N4OS/c1-13-3-6-15(7-4-13)11-26-12-16(10-23-26)24-20(28)25-17-9-14(2)5-8-18(17)27-19(21)22/h3-10,12,19H,11H2,1-2H3,(H2,24,25,28). The third kappa shape index (κ3) is 5.50. The average Bonchev–Trinajstić information content (AvgIpc) is 3.05.